The number of halogens is 6. The molecule has 0 bridgehead atoms. The number of fused-ring (bicyclic) bond motifs is 1. The Labute approximate surface area is 129 Å². The summed E-state index contributed by atoms with van der Waals surface area (Å²) in [6, 6.07) is 3.00. The van der Waals surface area contributed by atoms with Crippen molar-refractivity contribution >= 4 is 17.7 Å². The van der Waals surface area contributed by atoms with E-state index >= 15 is 0 Å². The van der Waals surface area contributed by atoms with Gasteiger partial charge in [-0.25, -0.2) is 4.79 Å². The van der Waals surface area contributed by atoms with Crippen molar-refractivity contribution in [2.75, 3.05) is 0 Å². The molecule has 0 saturated heterocycles. The van der Waals surface area contributed by atoms with Crippen LogP contribution in [0.5, 0.6) is 0 Å². The van der Waals surface area contributed by atoms with Gasteiger partial charge in [0.25, 0.3) is 0 Å². The number of nitrogens with one attached hydrogen (secondary N) is 1. The molecule has 1 N–H and O–H groups in total. The van der Waals surface area contributed by atoms with Gasteiger partial charge in [0.2, 0.25) is 5.78 Å². The second-order valence-electron chi connectivity index (χ2n) is 4.72. The second-order valence-corrected chi connectivity index (χ2v) is 4.72. The topological polar surface area (TPSA) is 72.5 Å². The van der Waals surface area contributed by atoms with Crippen molar-refractivity contribution in [1.29, 1.82) is 0 Å². The number of carbonyl (C=O) groups excluding carboxylic acids is 3. The Bertz CT molecular complexity index is 696. The van der Waals surface area contributed by atoms with Crippen LogP contribution in [0.15, 0.2) is 24.3 Å². The van der Waals surface area contributed by atoms with E-state index in [0.717, 1.165) is 12.1 Å². The highest BCUT2D eigenvalue weighted by molar-refractivity contribution is 6.06. The van der Waals surface area contributed by atoms with E-state index < -0.39 is 42.2 Å². The second kappa shape index (κ2) is 5.80. The first-order chi connectivity index (χ1) is 10.9. The lowest BCUT2D eigenvalue weighted by Gasteiger charge is -2.22. The highest BCUT2D eigenvalue weighted by Gasteiger charge is 2.51. The zero-order chi connectivity index (χ0) is 18.3. The van der Waals surface area contributed by atoms with Crippen LogP contribution in [0.2, 0.25) is 0 Å². The average molecular weight is 355 g/mol. The largest absolute Gasteiger partial charge is 0.490 e. The molecular weight excluding hydrogens is 348 g/mol. The predicted octanol–water partition coefficient (Wildman–Crippen LogP) is 2.08. The van der Waals surface area contributed by atoms with Crippen molar-refractivity contribution in [1.82, 2.24) is 5.32 Å². The smallest absolute Gasteiger partial charge is 0.445 e. The molecule has 130 valence electrons. The fraction of sp³-hybridized carbons (Fsp3) is 0.308. The van der Waals surface area contributed by atoms with Gasteiger partial charge >= 0.3 is 24.2 Å². The van der Waals surface area contributed by atoms with Crippen molar-refractivity contribution in [3.8, 4) is 0 Å². The maximum absolute atomic E-state index is 12.4. The lowest BCUT2D eigenvalue weighted by Crippen LogP contribution is -2.45. The fourth-order valence-electron chi connectivity index (χ4n) is 2.14. The number of hydrogen-bond acceptors (Lipinski definition) is 4. The lowest BCUT2D eigenvalue weighted by atomic mass is 10.1. The number of amides is 1. The van der Waals surface area contributed by atoms with Crippen LogP contribution in [0.4, 0.5) is 26.3 Å². The van der Waals surface area contributed by atoms with E-state index in [0.29, 0.717) is 0 Å². The molecule has 0 saturated carbocycles. The predicted molar refractivity (Wildman–Crippen MR) is 63.6 cm³/mol. The summed E-state index contributed by atoms with van der Waals surface area (Å²) in [7, 11) is 0. The summed E-state index contributed by atoms with van der Waals surface area (Å²) in [6.07, 6.45) is -13.0. The molecule has 5 nitrogen and oxygen atoms in total. The monoisotopic (exact) mass is 355 g/mol. The molecule has 1 aliphatic carbocycles. The molecule has 0 aliphatic heterocycles. The van der Waals surface area contributed by atoms with Gasteiger partial charge in [0, 0.05) is 5.56 Å². The molecule has 0 radical (unpaired) electrons. The summed E-state index contributed by atoms with van der Waals surface area (Å²) in [5.41, 5.74) is -0.426. The number of hydrogen-bond donors (Lipinski definition) is 1. The van der Waals surface area contributed by atoms with E-state index in [2.05, 4.69) is 4.74 Å². The summed E-state index contributed by atoms with van der Waals surface area (Å²) in [5.74, 6) is -6.37. The minimum atomic E-state index is -5.45. The number of esters is 1. The van der Waals surface area contributed by atoms with E-state index in [1.54, 1.807) is 0 Å². The number of Topliss-reactive ketones (excluding diaryl/α,β-unsaturated/α-hetero) is 1. The normalized spacial score (nSPS) is 20.5. The van der Waals surface area contributed by atoms with Gasteiger partial charge in [0.05, 0.1) is 6.04 Å². The standard InChI is InChI=1S/C13H7F6NO4/c14-12(15,16)10(22)20-7-5-3-1-2-4-6(5)8(21)9(7)24-11(23)13(17,18)19/h1-4,7,9H,(H,20,22). The number of benzene rings is 1. The molecule has 1 aromatic rings. The zero-order valence-electron chi connectivity index (χ0n) is 11.4. The molecule has 1 aliphatic rings. The molecule has 0 aromatic heterocycles. The molecule has 11 heteroatoms. The van der Waals surface area contributed by atoms with Crippen molar-refractivity contribution in [3.63, 3.8) is 0 Å². The summed E-state index contributed by atoms with van der Waals surface area (Å²) in [4.78, 5) is 34.0. The van der Waals surface area contributed by atoms with Crippen LogP contribution in [0.3, 0.4) is 0 Å². The van der Waals surface area contributed by atoms with E-state index in [1.807, 2.05) is 0 Å². The minimum Gasteiger partial charge on any atom is -0.445 e. The summed E-state index contributed by atoms with van der Waals surface area (Å²) in [6.45, 7) is 0. The molecule has 0 heterocycles. The van der Waals surface area contributed by atoms with Crippen LogP contribution < -0.4 is 5.32 Å². The quantitative estimate of drug-likeness (QED) is 0.651. The van der Waals surface area contributed by atoms with Crippen molar-refractivity contribution in [2.45, 2.75) is 24.5 Å². The minimum absolute atomic E-state index is 0.180. The number of ether oxygens (including phenoxy) is 1. The maximum Gasteiger partial charge on any atom is 0.490 e. The van der Waals surface area contributed by atoms with Gasteiger partial charge in [0.1, 0.15) is 0 Å². The number of ketones is 1. The van der Waals surface area contributed by atoms with Crippen molar-refractivity contribution < 1.29 is 45.5 Å². The number of rotatable bonds is 2. The maximum atomic E-state index is 12.4. The molecule has 2 unspecified atom stereocenters. The molecule has 24 heavy (non-hydrogen) atoms. The third-order valence-corrected chi connectivity index (χ3v) is 3.13. The Kier molecular flexibility index (Phi) is 4.29. The SMILES string of the molecule is O=C1c2ccccc2C(NC(=O)C(F)(F)F)C1OC(=O)C(F)(F)F. The van der Waals surface area contributed by atoms with Gasteiger partial charge in [-0.05, 0) is 5.56 Å². The molecule has 0 fully saturated rings. The Balaban J connectivity index is 2.36. The summed E-state index contributed by atoms with van der Waals surface area (Å²) < 4.78 is 78.0. The van der Waals surface area contributed by atoms with Crippen LogP contribution in [0.1, 0.15) is 22.0 Å². The van der Waals surface area contributed by atoms with Gasteiger partial charge in [0.15, 0.2) is 6.10 Å². The van der Waals surface area contributed by atoms with Crippen LogP contribution in [0, 0.1) is 0 Å². The fourth-order valence-corrected chi connectivity index (χ4v) is 2.14. The van der Waals surface area contributed by atoms with E-state index in [9.17, 15) is 40.7 Å². The zero-order valence-corrected chi connectivity index (χ0v) is 11.4. The molecule has 1 amide bonds. The van der Waals surface area contributed by atoms with E-state index in [1.165, 1.54) is 17.4 Å². The van der Waals surface area contributed by atoms with E-state index in [4.69, 9.17) is 0 Å². The van der Waals surface area contributed by atoms with Crippen molar-refractivity contribution in [3.05, 3.63) is 35.4 Å². The highest BCUT2D eigenvalue weighted by atomic mass is 19.4. The Morgan fingerprint density at radius 2 is 1.58 bits per heavy atom. The third kappa shape index (κ3) is 3.34. The third-order valence-electron chi connectivity index (χ3n) is 3.13. The lowest BCUT2D eigenvalue weighted by molar-refractivity contribution is -0.204. The molecule has 1 aromatic carbocycles. The summed E-state index contributed by atoms with van der Waals surface area (Å²) in [5, 5.41) is 1.38. The van der Waals surface area contributed by atoms with Gasteiger partial charge in [-0.3, -0.25) is 9.59 Å². The van der Waals surface area contributed by atoms with Gasteiger partial charge in [-0.2, -0.15) is 26.3 Å². The number of carbonyl (C=O) groups is 3. The Morgan fingerprint density at radius 3 is 2.12 bits per heavy atom. The van der Waals surface area contributed by atoms with Crippen LogP contribution in [-0.2, 0) is 14.3 Å². The molecule has 2 rings (SSSR count). The van der Waals surface area contributed by atoms with Gasteiger partial charge in [-0.1, -0.05) is 24.3 Å². The van der Waals surface area contributed by atoms with E-state index in [-0.39, 0.29) is 11.1 Å². The first-order valence-corrected chi connectivity index (χ1v) is 6.21. The highest BCUT2D eigenvalue weighted by Crippen LogP contribution is 2.35. The average Bonchev–Trinajstić information content (AvgIpc) is 2.71. The van der Waals surface area contributed by atoms with Gasteiger partial charge < -0.3 is 10.1 Å². The number of alkyl halides is 6. The van der Waals surface area contributed by atoms with Crippen LogP contribution in [0.25, 0.3) is 0 Å². The molecular formula is C13H7F6NO4. The Morgan fingerprint density at radius 1 is 1.00 bits per heavy atom. The summed E-state index contributed by atoms with van der Waals surface area (Å²) >= 11 is 0. The molecule has 0 spiro atoms. The first-order valence-electron chi connectivity index (χ1n) is 6.21. The van der Waals surface area contributed by atoms with Crippen LogP contribution >= 0.6 is 0 Å². The van der Waals surface area contributed by atoms with Crippen LogP contribution in [-0.4, -0.2) is 36.1 Å². The van der Waals surface area contributed by atoms with Crippen molar-refractivity contribution in [2.24, 2.45) is 0 Å². The Hall–Kier alpha value is -2.59. The first kappa shape index (κ1) is 17.8. The van der Waals surface area contributed by atoms with Gasteiger partial charge in [-0.15, -0.1) is 0 Å². The molecule has 2 atom stereocenters.